The van der Waals surface area contributed by atoms with E-state index in [9.17, 15) is 9.90 Å². The summed E-state index contributed by atoms with van der Waals surface area (Å²) in [5.74, 6) is 4.76. The van der Waals surface area contributed by atoms with Gasteiger partial charge in [-0.05, 0) is 128 Å². The molecule has 0 saturated heterocycles. The molecule has 1 aromatic rings. The van der Waals surface area contributed by atoms with Crippen molar-refractivity contribution in [1.29, 1.82) is 0 Å². The van der Waals surface area contributed by atoms with Crippen LogP contribution in [0.15, 0.2) is 48.1 Å². The second-order valence-corrected chi connectivity index (χ2v) is 14.9. The van der Waals surface area contributed by atoms with Gasteiger partial charge in [0.1, 0.15) is 6.10 Å². The van der Waals surface area contributed by atoms with Crippen LogP contribution in [0, 0.1) is 46.3 Å². The Hall–Kier alpha value is -2.49. The van der Waals surface area contributed by atoms with Gasteiger partial charge in [-0.25, -0.2) is 4.79 Å². The van der Waals surface area contributed by atoms with E-state index in [4.69, 9.17) is 9.47 Å². The normalized spacial score (nSPS) is 34.7. The molecule has 1 aromatic carbocycles. The molecule has 1 N–H and O–H groups in total. The Kier molecular flexibility index (Phi) is 9.03. The van der Waals surface area contributed by atoms with Crippen LogP contribution in [0.1, 0.15) is 104 Å². The highest BCUT2D eigenvalue weighted by molar-refractivity contribution is 5.87. The van der Waals surface area contributed by atoms with Crippen molar-refractivity contribution in [3.05, 3.63) is 53.6 Å². The van der Waals surface area contributed by atoms with E-state index in [1.54, 1.807) is 29.8 Å². The average molecular weight is 575 g/mol. The van der Waals surface area contributed by atoms with Crippen molar-refractivity contribution >= 4 is 12.0 Å². The van der Waals surface area contributed by atoms with E-state index in [0.717, 1.165) is 54.4 Å². The van der Waals surface area contributed by atoms with Crippen LogP contribution in [0.3, 0.4) is 0 Å². The molecule has 0 aliphatic heterocycles. The van der Waals surface area contributed by atoms with E-state index in [0.29, 0.717) is 17.1 Å². The number of benzene rings is 1. The van der Waals surface area contributed by atoms with E-state index in [-0.39, 0.29) is 23.2 Å². The number of fused-ring (bicyclic) bond motifs is 5. The molecule has 230 valence electrons. The van der Waals surface area contributed by atoms with Gasteiger partial charge in [-0.3, -0.25) is 0 Å². The van der Waals surface area contributed by atoms with Crippen LogP contribution in [0.4, 0.5) is 0 Å². The summed E-state index contributed by atoms with van der Waals surface area (Å²) in [6.45, 7) is 16.6. The summed E-state index contributed by atoms with van der Waals surface area (Å²) in [5.41, 5.74) is 4.46. The number of rotatable bonds is 9. The van der Waals surface area contributed by atoms with Gasteiger partial charge in [-0.15, -0.1) is 0 Å². The number of carbonyl (C=O) groups excluding carboxylic acids is 1. The smallest absolute Gasteiger partial charge is 0.331 e. The highest BCUT2D eigenvalue weighted by atomic mass is 16.5. The van der Waals surface area contributed by atoms with Crippen LogP contribution in [-0.4, -0.2) is 24.3 Å². The third-order valence-corrected chi connectivity index (χ3v) is 12.5. The Labute approximate surface area is 254 Å². The molecule has 0 heterocycles. The maximum absolute atomic E-state index is 12.7. The van der Waals surface area contributed by atoms with Gasteiger partial charge in [0.2, 0.25) is 0 Å². The van der Waals surface area contributed by atoms with Gasteiger partial charge in [0, 0.05) is 12.5 Å². The van der Waals surface area contributed by atoms with Crippen LogP contribution in [0.5, 0.6) is 11.5 Å². The van der Waals surface area contributed by atoms with Crippen molar-refractivity contribution in [3.8, 4) is 11.5 Å². The number of phenolic OH excluding ortho intramolecular Hbond substituents is 1. The lowest BCUT2D eigenvalue weighted by molar-refractivity contribution is -0.145. The van der Waals surface area contributed by atoms with Crippen LogP contribution in [-0.2, 0) is 9.53 Å². The molecule has 1 unspecified atom stereocenters. The standard InChI is InChI=1S/C38H54O4/c1-24(2)25(3)8-9-26(4)31-14-15-32-30-13-12-28-23-29(18-20-37(28,5)33(30)19-21-38(31,32)6)42-36(40)17-11-27-10-16-34(39)35(22-27)41-7/h10-12,16-17,22,24,26,29-33,39H,3,8-9,13-15,18-21,23H2,1-2,4-7H3/b17-11+/t26-,29+,30+,31-,32?,33+,37+,38-/m1/s1. The second-order valence-electron chi connectivity index (χ2n) is 14.9. The molecule has 0 radical (unpaired) electrons. The lowest BCUT2D eigenvalue weighted by atomic mass is 9.47. The minimum absolute atomic E-state index is 0.0569. The first-order valence-corrected chi connectivity index (χ1v) is 16.6. The molecule has 4 heteroatoms. The zero-order valence-electron chi connectivity index (χ0n) is 27.0. The van der Waals surface area contributed by atoms with Gasteiger partial charge in [-0.2, -0.15) is 0 Å². The number of carbonyl (C=O) groups is 1. The molecule has 0 bridgehead atoms. The summed E-state index contributed by atoms with van der Waals surface area (Å²) in [6, 6.07) is 5.03. The Morgan fingerprint density at radius 3 is 2.64 bits per heavy atom. The summed E-state index contributed by atoms with van der Waals surface area (Å²) >= 11 is 0. The maximum Gasteiger partial charge on any atom is 0.331 e. The molecule has 5 rings (SSSR count). The van der Waals surface area contributed by atoms with E-state index in [2.05, 4.69) is 47.3 Å². The highest BCUT2D eigenvalue weighted by Crippen LogP contribution is 2.67. The maximum atomic E-state index is 12.7. The quantitative estimate of drug-likeness (QED) is 0.181. The molecule has 0 amide bonds. The molecule has 0 spiro atoms. The summed E-state index contributed by atoms with van der Waals surface area (Å²) in [6.07, 6.45) is 17.8. The molecule has 3 fully saturated rings. The minimum Gasteiger partial charge on any atom is -0.504 e. The van der Waals surface area contributed by atoms with Crippen molar-refractivity contribution in [3.63, 3.8) is 0 Å². The monoisotopic (exact) mass is 574 g/mol. The van der Waals surface area contributed by atoms with Gasteiger partial charge < -0.3 is 14.6 Å². The highest BCUT2D eigenvalue weighted by Gasteiger charge is 2.59. The molecule has 0 aromatic heterocycles. The van der Waals surface area contributed by atoms with E-state index in [1.165, 1.54) is 63.7 Å². The number of hydrogen-bond donors (Lipinski definition) is 1. The first-order chi connectivity index (χ1) is 20.0. The van der Waals surface area contributed by atoms with Gasteiger partial charge in [0.05, 0.1) is 7.11 Å². The molecule has 4 aliphatic carbocycles. The van der Waals surface area contributed by atoms with E-state index >= 15 is 0 Å². The zero-order valence-corrected chi connectivity index (χ0v) is 27.0. The van der Waals surface area contributed by atoms with Gasteiger partial charge in [-0.1, -0.05) is 64.5 Å². The number of aromatic hydroxyl groups is 1. The second kappa shape index (κ2) is 12.2. The number of methoxy groups -OCH3 is 1. The number of phenols is 1. The number of esters is 1. The predicted octanol–water partition coefficient (Wildman–Crippen LogP) is 9.53. The Bertz CT molecular complexity index is 1230. The molecule has 8 atom stereocenters. The minimum atomic E-state index is -0.304. The molecular weight excluding hydrogens is 520 g/mol. The van der Waals surface area contributed by atoms with Crippen LogP contribution < -0.4 is 4.74 Å². The average Bonchev–Trinajstić information content (AvgIpc) is 3.32. The Balaban J connectivity index is 1.21. The lowest BCUT2D eigenvalue weighted by Crippen LogP contribution is -2.51. The Morgan fingerprint density at radius 1 is 1.12 bits per heavy atom. The third kappa shape index (κ3) is 5.84. The zero-order chi connectivity index (χ0) is 30.2. The lowest BCUT2D eigenvalue weighted by Gasteiger charge is -2.58. The van der Waals surface area contributed by atoms with Crippen LogP contribution in [0.2, 0.25) is 0 Å². The molecule has 4 nitrogen and oxygen atoms in total. The predicted molar refractivity (Wildman–Crippen MR) is 171 cm³/mol. The first-order valence-electron chi connectivity index (χ1n) is 16.6. The largest absolute Gasteiger partial charge is 0.504 e. The van der Waals surface area contributed by atoms with Gasteiger partial charge in [0.15, 0.2) is 11.5 Å². The van der Waals surface area contributed by atoms with Crippen molar-refractivity contribution in [2.75, 3.05) is 7.11 Å². The molecule has 42 heavy (non-hydrogen) atoms. The summed E-state index contributed by atoms with van der Waals surface area (Å²) in [5, 5.41) is 9.81. The number of allylic oxidation sites excluding steroid dienone is 2. The fraction of sp³-hybridized carbons (Fsp3) is 0.658. The molecular formula is C38H54O4. The van der Waals surface area contributed by atoms with Crippen molar-refractivity contribution < 1.29 is 19.4 Å². The van der Waals surface area contributed by atoms with Crippen molar-refractivity contribution in [2.45, 2.75) is 105 Å². The van der Waals surface area contributed by atoms with Crippen LogP contribution >= 0.6 is 0 Å². The first kappa shape index (κ1) is 31.0. The summed E-state index contributed by atoms with van der Waals surface area (Å²) < 4.78 is 11.1. The number of hydrogen-bond acceptors (Lipinski definition) is 4. The summed E-state index contributed by atoms with van der Waals surface area (Å²) in [7, 11) is 1.51. The van der Waals surface area contributed by atoms with Crippen LogP contribution in [0.25, 0.3) is 6.08 Å². The SMILES string of the molecule is C=C(CC[C@@H](C)[C@H]1CCC2[C@@H]3CC=C4C[C@@H](OC(=O)/C=C/c5ccc(O)c(OC)c5)CC[C@]4(C)[C@H]3CC[C@@]21C)C(C)C. The molecule has 4 aliphatic rings. The Morgan fingerprint density at radius 2 is 1.90 bits per heavy atom. The third-order valence-electron chi connectivity index (χ3n) is 12.5. The fourth-order valence-corrected chi connectivity index (χ4v) is 9.77. The molecule has 3 saturated carbocycles. The van der Waals surface area contributed by atoms with E-state index in [1.807, 2.05) is 0 Å². The topological polar surface area (TPSA) is 55.8 Å². The van der Waals surface area contributed by atoms with E-state index < -0.39 is 0 Å². The van der Waals surface area contributed by atoms with Gasteiger partial charge >= 0.3 is 5.97 Å². The van der Waals surface area contributed by atoms with Crippen molar-refractivity contribution in [2.24, 2.45) is 46.3 Å². The summed E-state index contributed by atoms with van der Waals surface area (Å²) in [4.78, 5) is 12.7. The number of ether oxygens (including phenoxy) is 2. The van der Waals surface area contributed by atoms with Crippen molar-refractivity contribution in [1.82, 2.24) is 0 Å². The fourth-order valence-electron chi connectivity index (χ4n) is 9.77. The van der Waals surface area contributed by atoms with Gasteiger partial charge in [0.25, 0.3) is 0 Å².